The molecule has 1 aliphatic heterocycles. The van der Waals surface area contributed by atoms with Gasteiger partial charge < -0.3 is 10.0 Å². The maximum Gasteiger partial charge on any atom is 0.290 e. The van der Waals surface area contributed by atoms with Crippen molar-refractivity contribution in [2.45, 2.75) is 39.2 Å². The van der Waals surface area contributed by atoms with E-state index in [1.807, 2.05) is 6.92 Å². The molecule has 0 radical (unpaired) electrons. The lowest BCUT2D eigenvalue weighted by molar-refractivity contribution is -0.129. The van der Waals surface area contributed by atoms with Crippen LogP contribution in [0.2, 0.25) is 0 Å². The van der Waals surface area contributed by atoms with Gasteiger partial charge >= 0.3 is 0 Å². The summed E-state index contributed by atoms with van der Waals surface area (Å²) >= 11 is 0. The largest absolute Gasteiger partial charge is 0.503 e. The number of unbranched alkanes of at least 4 members (excludes halogenated alkanes) is 1. The van der Waals surface area contributed by atoms with Crippen LogP contribution in [0.3, 0.4) is 0 Å². The molecule has 118 valence electrons. The minimum absolute atomic E-state index is 0.121. The Bertz CT molecular complexity index is 607. The first-order chi connectivity index (χ1) is 10.5. The smallest absolute Gasteiger partial charge is 0.290 e. The number of carbonyl (C=O) groups excluding carboxylic acids is 2. The summed E-state index contributed by atoms with van der Waals surface area (Å²) in [4.78, 5) is 25.9. The maximum absolute atomic E-state index is 13.1. The molecule has 0 fully saturated rings. The van der Waals surface area contributed by atoms with E-state index in [9.17, 15) is 19.1 Å². The van der Waals surface area contributed by atoms with Gasteiger partial charge in [0.15, 0.2) is 11.5 Å². The van der Waals surface area contributed by atoms with Gasteiger partial charge in [0.2, 0.25) is 0 Å². The minimum Gasteiger partial charge on any atom is -0.503 e. The third kappa shape index (κ3) is 2.89. The van der Waals surface area contributed by atoms with Crippen LogP contribution in [0.15, 0.2) is 35.6 Å². The van der Waals surface area contributed by atoms with Crippen LogP contribution in [0.1, 0.15) is 44.7 Å². The minimum atomic E-state index is -0.632. The van der Waals surface area contributed by atoms with Crippen molar-refractivity contribution in [1.82, 2.24) is 4.90 Å². The molecule has 2 rings (SSSR count). The summed E-state index contributed by atoms with van der Waals surface area (Å²) in [6.45, 7) is 4.13. The number of hydrogen-bond donors (Lipinski definition) is 1. The van der Waals surface area contributed by atoms with Crippen molar-refractivity contribution in [3.05, 3.63) is 47.0 Å². The molecule has 5 heteroatoms. The number of Topliss-reactive ketones (excluding diaryl/α,β-unsaturated/α-hetero) is 1. The topological polar surface area (TPSA) is 57.6 Å². The van der Waals surface area contributed by atoms with Crippen molar-refractivity contribution in [2.75, 3.05) is 6.54 Å². The number of nitrogens with zero attached hydrogens (tertiary/aromatic N) is 1. The Kier molecular flexibility index (Phi) is 4.96. The van der Waals surface area contributed by atoms with Crippen LogP contribution >= 0.6 is 0 Å². The fourth-order valence-electron chi connectivity index (χ4n) is 2.68. The molecule has 1 N–H and O–H groups in total. The van der Waals surface area contributed by atoms with Gasteiger partial charge in [-0.1, -0.05) is 32.4 Å². The number of carbonyl (C=O) groups is 2. The fraction of sp³-hybridized carbons (Fsp3) is 0.412. The van der Waals surface area contributed by atoms with Crippen molar-refractivity contribution >= 4 is 11.7 Å². The molecule has 4 nitrogen and oxygen atoms in total. The highest BCUT2D eigenvalue weighted by molar-refractivity contribution is 6.08. The Morgan fingerprint density at radius 3 is 2.45 bits per heavy atom. The van der Waals surface area contributed by atoms with Gasteiger partial charge in [-0.3, -0.25) is 9.59 Å². The van der Waals surface area contributed by atoms with E-state index in [2.05, 4.69) is 0 Å². The van der Waals surface area contributed by atoms with E-state index >= 15 is 0 Å². The van der Waals surface area contributed by atoms with Crippen molar-refractivity contribution in [3.63, 3.8) is 0 Å². The average molecular weight is 305 g/mol. The third-order valence-corrected chi connectivity index (χ3v) is 3.86. The van der Waals surface area contributed by atoms with Crippen LogP contribution in [-0.4, -0.2) is 28.2 Å². The van der Waals surface area contributed by atoms with E-state index in [4.69, 9.17) is 0 Å². The number of amides is 1. The zero-order valence-electron chi connectivity index (χ0n) is 12.8. The molecule has 0 aliphatic carbocycles. The lowest BCUT2D eigenvalue weighted by Gasteiger charge is -2.26. The van der Waals surface area contributed by atoms with E-state index in [0.717, 1.165) is 12.8 Å². The highest BCUT2D eigenvalue weighted by Gasteiger charge is 2.42. The molecular formula is C17H20FNO3. The fourth-order valence-corrected chi connectivity index (χ4v) is 2.68. The summed E-state index contributed by atoms with van der Waals surface area (Å²) in [5.41, 5.74) is 0.752. The van der Waals surface area contributed by atoms with Gasteiger partial charge in [0, 0.05) is 13.0 Å². The van der Waals surface area contributed by atoms with Gasteiger partial charge in [0.05, 0.1) is 11.6 Å². The maximum atomic E-state index is 13.1. The summed E-state index contributed by atoms with van der Waals surface area (Å²) < 4.78 is 13.1. The van der Waals surface area contributed by atoms with Crippen LogP contribution in [-0.2, 0) is 9.59 Å². The number of hydrogen-bond acceptors (Lipinski definition) is 3. The Labute approximate surface area is 129 Å². The van der Waals surface area contributed by atoms with E-state index in [1.165, 1.54) is 17.0 Å². The van der Waals surface area contributed by atoms with Crippen molar-refractivity contribution in [3.8, 4) is 0 Å². The van der Waals surface area contributed by atoms with E-state index in [-0.39, 0.29) is 23.6 Å². The van der Waals surface area contributed by atoms with Crippen LogP contribution in [0, 0.1) is 5.82 Å². The van der Waals surface area contributed by atoms with Gasteiger partial charge in [0.25, 0.3) is 5.91 Å². The molecule has 1 aromatic carbocycles. The van der Waals surface area contributed by atoms with Crippen LogP contribution in [0.25, 0.3) is 0 Å². The van der Waals surface area contributed by atoms with Gasteiger partial charge in [-0.25, -0.2) is 4.39 Å². The second-order valence-corrected chi connectivity index (χ2v) is 5.35. The predicted molar refractivity (Wildman–Crippen MR) is 80.7 cm³/mol. The molecule has 1 atom stereocenters. The summed E-state index contributed by atoms with van der Waals surface area (Å²) in [6, 6.07) is 5.05. The SMILES string of the molecule is CCCCN1C(=O)C(O)=C(C(=O)CC)C1c1ccc(F)cc1. The number of aliphatic hydroxyl groups excluding tert-OH is 1. The van der Waals surface area contributed by atoms with Gasteiger partial charge in [0.1, 0.15) is 5.82 Å². The molecule has 1 heterocycles. The Morgan fingerprint density at radius 1 is 1.27 bits per heavy atom. The van der Waals surface area contributed by atoms with Crippen molar-refractivity contribution in [1.29, 1.82) is 0 Å². The molecular weight excluding hydrogens is 285 g/mol. The lowest BCUT2D eigenvalue weighted by atomic mass is 9.95. The van der Waals surface area contributed by atoms with Gasteiger partial charge in [-0.05, 0) is 24.1 Å². The zero-order valence-corrected chi connectivity index (χ0v) is 12.8. The Hall–Kier alpha value is -2.17. The zero-order chi connectivity index (χ0) is 16.3. The van der Waals surface area contributed by atoms with E-state index < -0.39 is 17.7 Å². The van der Waals surface area contributed by atoms with Gasteiger partial charge in [-0.15, -0.1) is 0 Å². The Balaban J connectivity index is 2.47. The van der Waals surface area contributed by atoms with E-state index in [1.54, 1.807) is 19.1 Å². The highest BCUT2D eigenvalue weighted by atomic mass is 19.1. The number of aliphatic hydroxyl groups is 1. The molecule has 0 bridgehead atoms. The van der Waals surface area contributed by atoms with E-state index in [0.29, 0.717) is 12.1 Å². The second kappa shape index (κ2) is 6.73. The number of halogens is 1. The molecule has 0 saturated carbocycles. The quantitative estimate of drug-likeness (QED) is 0.877. The van der Waals surface area contributed by atoms with Crippen molar-refractivity contribution in [2.24, 2.45) is 0 Å². The molecule has 0 aromatic heterocycles. The molecule has 0 saturated heterocycles. The molecule has 1 aromatic rings. The number of benzene rings is 1. The average Bonchev–Trinajstić information content (AvgIpc) is 2.77. The summed E-state index contributed by atoms with van der Waals surface area (Å²) in [6.07, 6.45) is 1.86. The number of ketones is 1. The Morgan fingerprint density at radius 2 is 1.91 bits per heavy atom. The molecule has 22 heavy (non-hydrogen) atoms. The summed E-state index contributed by atoms with van der Waals surface area (Å²) in [7, 11) is 0. The third-order valence-electron chi connectivity index (χ3n) is 3.86. The van der Waals surface area contributed by atoms with Crippen LogP contribution in [0.5, 0.6) is 0 Å². The molecule has 1 aliphatic rings. The predicted octanol–water partition coefficient (Wildman–Crippen LogP) is 3.30. The van der Waals surface area contributed by atoms with Crippen LogP contribution < -0.4 is 0 Å². The second-order valence-electron chi connectivity index (χ2n) is 5.35. The first-order valence-corrected chi connectivity index (χ1v) is 7.54. The molecule has 0 spiro atoms. The lowest BCUT2D eigenvalue weighted by Crippen LogP contribution is -2.32. The van der Waals surface area contributed by atoms with Gasteiger partial charge in [-0.2, -0.15) is 0 Å². The van der Waals surface area contributed by atoms with Crippen LogP contribution in [0.4, 0.5) is 4.39 Å². The highest BCUT2D eigenvalue weighted by Crippen LogP contribution is 2.38. The summed E-state index contributed by atoms with van der Waals surface area (Å²) in [5.74, 6) is -1.65. The number of rotatable bonds is 6. The summed E-state index contributed by atoms with van der Waals surface area (Å²) in [5, 5.41) is 10.1. The monoisotopic (exact) mass is 305 g/mol. The van der Waals surface area contributed by atoms with Crippen molar-refractivity contribution < 1.29 is 19.1 Å². The standard InChI is InChI=1S/C17H20FNO3/c1-3-5-10-19-15(11-6-8-12(18)9-7-11)14(13(20)4-2)16(21)17(19)22/h6-9,15,21H,3-5,10H2,1-2H3. The first-order valence-electron chi connectivity index (χ1n) is 7.54. The normalized spacial score (nSPS) is 18.2. The first kappa shape index (κ1) is 16.2. The molecule has 1 unspecified atom stereocenters. The molecule has 1 amide bonds.